The highest BCUT2D eigenvalue weighted by Crippen LogP contribution is 2.29. The standard InChI is InChI=1S/C21H24N4O.C2H6/c1-15(2)24-9-11-25(12-10-24)18-5-3-16(4-6-18)21-19-13-17(14-26)23-20(19)7-8-22-21;1-2/h3-8,13-15,23H,9-12H2,1-2H3;1-2H3. The quantitative estimate of drug-likeness (QED) is 0.674. The smallest absolute Gasteiger partial charge is 0.166 e. The summed E-state index contributed by atoms with van der Waals surface area (Å²) in [6, 6.07) is 13.0. The first-order valence-electron chi connectivity index (χ1n) is 10.2. The fourth-order valence-corrected chi connectivity index (χ4v) is 3.70. The number of aldehydes is 1. The lowest BCUT2D eigenvalue weighted by atomic mass is 10.1. The van der Waals surface area contributed by atoms with E-state index in [2.05, 4.69) is 57.9 Å². The maximum atomic E-state index is 11.0. The number of nitrogens with zero attached hydrogens (tertiary/aromatic N) is 3. The van der Waals surface area contributed by atoms with Crippen LogP contribution in [0.1, 0.15) is 38.2 Å². The first-order chi connectivity index (χ1) is 13.7. The number of nitrogens with one attached hydrogen (secondary N) is 1. The van der Waals surface area contributed by atoms with Crippen LogP contribution in [0.5, 0.6) is 0 Å². The lowest BCUT2D eigenvalue weighted by molar-refractivity contribution is 0.112. The van der Waals surface area contributed by atoms with E-state index in [1.807, 2.05) is 26.0 Å². The molecule has 3 heterocycles. The van der Waals surface area contributed by atoms with Crippen molar-refractivity contribution in [2.45, 2.75) is 33.7 Å². The molecule has 1 aliphatic heterocycles. The molecule has 2 aromatic heterocycles. The van der Waals surface area contributed by atoms with Gasteiger partial charge in [-0.25, -0.2) is 0 Å². The zero-order chi connectivity index (χ0) is 20.1. The van der Waals surface area contributed by atoms with Gasteiger partial charge in [-0.1, -0.05) is 26.0 Å². The number of piperazine rings is 1. The van der Waals surface area contributed by atoms with E-state index in [1.54, 1.807) is 6.20 Å². The van der Waals surface area contributed by atoms with Gasteiger partial charge in [0.15, 0.2) is 6.29 Å². The van der Waals surface area contributed by atoms with Gasteiger partial charge in [0.05, 0.1) is 11.4 Å². The van der Waals surface area contributed by atoms with E-state index >= 15 is 0 Å². The fourth-order valence-electron chi connectivity index (χ4n) is 3.70. The van der Waals surface area contributed by atoms with Crippen molar-refractivity contribution < 1.29 is 4.79 Å². The summed E-state index contributed by atoms with van der Waals surface area (Å²) in [7, 11) is 0. The molecular formula is C23H30N4O. The van der Waals surface area contributed by atoms with Crippen LogP contribution >= 0.6 is 0 Å². The van der Waals surface area contributed by atoms with E-state index in [4.69, 9.17) is 0 Å². The van der Waals surface area contributed by atoms with Crippen LogP contribution in [0.15, 0.2) is 42.6 Å². The summed E-state index contributed by atoms with van der Waals surface area (Å²) in [6.45, 7) is 12.9. The highest BCUT2D eigenvalue weighted by atomic mass is 16.1. The van der Waals surface area contributed by atoms with Crippen LogP contribution in [0, 0.1) is 0 Å². The molecule has 1 fully saturated rings. The van der Waals surface area contributed by atoms with Gasteiger partial charge in [0.1, 0.15) is 0 Å². The van der Waals surface area contributed by atoms with Gasteiger partial charge in [-0.3, -0.25) is 14.7 Å². The van der Waals surface area contributed by atoms with Gasteiger partial charge in [0, 0.05) is 60.6 Å². The molecule has 0 amide bonds. The molecule has 0 saturated carbocycles. The van der Waals surface area contributed by atoms with Crippen molar-refractivity contribution in [1.29, 1.82) is 0 Å². The summed E-state index contributed by atoms with van der Waals surface area (Å²) < 4.78 is 0. The first-order valence-corrected chi connectivity index (χ1v) is 10.2. The van der Waals surface area contributed by atoms with E-state index in [1.165, 1.54) is 5.69 Å². The Balaban J connectivity index is 0.00000109. The molecule has 0 radical (unpaired) electrons. The lowest BCUT2D eigenvalue weighted by Gasteiger charge is -2.38. The Morgan fingerprint density at radius 2 is 1.71 bits per heavy atom. The van der Waals surface area contributed by atoms with Gasteiger partial charge in [0.2, 0.25) is 0 Å². The minimum Gasteiger partial charge on any atom is -0.369 e. The van der Waals surface area contributed by atoms with Crippen LogP contribution < -0.4 is 4.90 Å². The second-order valence-corrected chi connectivity index (χ2v) is 7.13. The second-order valence-electron chi connectivity index (χ2n) is 7.13. The summed E-state index contributed by atoms with van der Waals surface area (Å²) in [4.78, 5) is 23.7. The normalized spacial score (nSPS) is 14.8. The topological polar surface area (TPSA) is 52.2 Å². The minimum absolute atomic E-state index is 0.578. The molecule has 28 heavy (non-hydrogen) atoms. The monoisotopic (exact) mass is 378 g/mol. The van der Waals surface area contributed by atoms with Gasteiger partial charge in [-0.15, -0.1) is 0 Å². The largest absolute Gasteiger partial charge is 0.369 e. The molecular weight excluding hydrogens is 348 g/mol. The van der Waals surface area contributed by atoms with Crippen molar-refractivity contribution in [3.05, 3.63) is 48.3 Å². The minimum atomic E-state index is 0.578. The fraction of sp³-hybridized carbons (Fsp3) is 0.391. The third-order valence-electron chi connectivity index (χ3n) is 5.25. The van der Waals surface area contributed by atoms with Crippen LogP contribution in [0.25, 0.3) is 22.2 Å². The number of pyridine rings is 1. The molecule has 0 bridgehead atoms. The highest BCUT2D eigenvalue weighted by molar-refractivity contribution is 5.96. The number of hydrogen-bond donors (Lipinski definition) is 1. The average Bonchev–Trinajstić information content (AvgIpc) is 3.19. The molecule has 4 rings (SSSR count). The molecule has 0 aliphatic carbocycles. The number of carbonyl (C=O) groups excluding carboxylic acids is 1. The van der Waals surface area contributed by atoms with Crippen LogP contribution in [0.2, 0.25) is 0 Å². The van der Waals surface area contributed by atoms with Crippen molar-refractivity contribution in [3.63, 3.8) is 0 Å². The van der Waals surface area contributed by atoms with E-state index in [-0.39, 0.29) is 0 Å². The third-order valence-corrected chi connectivity index (χ3v) is 5.25. The van der Waals surface area contributed by atoms with Crippen molar-refractivity contribution in [2.24, 2.45) is 0 Å². The predicted octanol–water partition coefficient (Wildman–Crippen LogP) is 4.60. The van der Waals surface area contributed by atoms with E-state index in [9.17, 15) is 4.79 Å². The maximum Gasteiger partial charge on any atom is 0.166 e. The number of hydrogen-bond acceptors (Lipinski definition) is 4. The van der Waals surface area contributed by atoms with Crippen molar-refractivity contribution in [3.8, 4) is 11.3 Å². The summed E-state index contributed by atoms with van der Waals surface area (Å²) in [5.74, 6) is 0. The Morgan fingerprint density at radius 3 is 2.32 bits per heavy atom. The lowest BCUT2D eigenvalue weighted by Crippen LogP contribution is -2.48. The highest BCUT2D eigenvalue weighted by Gasteiger charge is 2.19. The summed E-state index contributed by atoms with van der Waals surface area (Å²) in [5, 5.41) is 0.980. The van der Waals surface area contributed by atoms with E-state index < -0.39 is 0 Å². The molecule has 0 spiro atoms. The predicted molar refractivity (Wildman–Crippen MR) is 117 cm³/mol. The number of aromatic nitrogens is 2. The Bertz CT molecular complexity index is 906. The first kappa shape index (κ1) is 20.1. The Kier molecular flexibility index (Phi) is 6.47. The van der Waals surface area contributed by atoms with Crippen LogP contribution in [0.3, 0.4) is 0 Å². The molecule has 5 heteroatoms. The Morgan fingerprint density at radius 1 is 1.04 bits per heavy atom. The van der Waals surface area contributed by atoms with Gasteiger partial charge in [-0.2, -0.15) is 0 Å². The number of rotatable bonds is 4. The third kappa shape index (κ3) is 4.09. The summed E-state index contributed by atoms with van der Waals surface area (Å²) in [5.41, 5.74) is 4.74. The molecule has 0 atom stereocenters. The Hall–Kier alpha value is -2.66. The average molecular weight is 379 g/mol. The van der Waals surface area contributed by atoms with Crippen molar-refractivity contribution in [2.75, 3.05) is 31.1 Å². The van der Waals surface area contributed by atoms with Crippen LogP contribution in [-0.4, -0.2) is 53.4 Å². The Labute approximate surface area is 167 Å². The zero-order valence-electron chi connectivity index (χ0n) is 17.3. The van der Waals surface area contributed by atoms with E-state index in [0.717, 1.165) is 54.6 Å². The molecule has 1 saturated heterocycles. The van der Waals surface area contributed by atoms with Crippen molar-refractivity contribution >= 4 is 22.9 Å². The van der Waals surface area contributed by atoms with Gasteiger partial charge in [0.25, 0.3) is 0 Å². The second kappa shape index (κ2) is 9.02. The maximum absolute atomic E-state index is 11.0. The molecule has 3 aromatic rings. The number of benzene rings is 1. The molecule has 0 unspecified atom stereocenters. The molecule has 148 valence electrons. The van der Waals surface area contributed by atoms with Gasteiger partial charge in [-0.05, 0) is 38.1 Å². The zero-order valence-corrected chi connectivity index (χ0v) is 17.3. The van der Waals surface area contributed by atoms with Gasteiger partial charge >= 0.3 is 0 Å². The number of anilines is 1. The SMILES string of the molecule is CC.CC(C)N1CCN(c2ccc(-c3nccc4[nH]c(C=O)cc34)cc2)CC1. The van der Waals surface area contributed by atoms with Crippen molar-refractivity contribution in [1.82, 2.24) is 14.9 Å². The molecule has 5 nitrogen and oxygen atoms in total. The number of fused-ring (bicyclic) bond motifs is 1. The molecule has 1 aromatic carbocycles. The van der Waals surface area contributed by atoms with Gasteiger partial charge < -0.3 is 9.88 Å². The number of carbonyl (C=O) groups is 1. The summed E-state index contributed by atoms with van der Waals surface area (Å²) in [6.07, 6.45) is 2.62. The van der Waals surface area contributed by atoms with E-state index in [0.29, 0.717) is 11.7 Å². The van der Waals surface area contributed by atoms with Crippen LogP contribution in [-0.2, 0) is 0 Å². The number of aromatic amines is 1. The number of H-pyrrole nitrogens is 1. The molecule has 1 aliphatic rings. The summed E-state index contributed by atoms with van der Waals surface area (Å²) >= 11 is 0. The molecule has 1 N–H and O–H groups in total. The van der Waals surface area contributed by atoms with Crippen LogP contribution in [0.4, 0.5) is 5.69 Å².